The molecule has 0 spiro atoms. The van der Waals surface area contributed by atoms with E-state index in [1.54, 1.807) is 0 Å². The second kappa shape index (κ2) is 31.7. The summed E-state index contributed by atoms with van der Waals surface area (Å²) in [6.45, 7) is 32.9. The van der Waals surface area contributed by atoms with Crippen LogP contribution in [0.15, 0.2) is 288 Å². The van der Waals surface area contributed by atoms with Crippen LogP contribution in [0.3, 0.4) is 0 Å². The van der Waals surface area contributed by atoms with Crippen molar-refractivity contribution in [2.75, 3.05) is 9.80 Å². The number of para-hydroxylation sites is 2. The van der Waals surface area contributed by atoms with Crippen LogP contribution in [0.5, 0.6) is 0 Å². The van der Waals surface area contributed by atoms with Crippen LogP contribution >= 0.6 is 23.2 Å². The topological polar surface area (TPSA) is 107 Å². The summed E-state index contributed by atoms with van der Waals surface area (Å²) in [6.07, 6.45) is 0. The van der Waals surface area contributed by atoms with E-state index in [1.165, 1.54) is 0 Å². The van der Waals surface area contributed by atoms with Gasteiger partial charge in [0.05, 0.1) is 44.8 Å². The van der Waals surface area contributed by atoms with E-state index in [0.29, 0.717) is 10.0 Å². The molecule has 4 aliphatic rings. The van der Waals surface area contributed by atoms with Gasteiger partial charge >= 0.3 is 79.6 Å². The number of fused-ring (bicyclic) bond motifs is 6. The van der Waals surface area contributed by atoms with Crippen molar-refractivity contribution in [2.24, 2.45) is 0 Å². The van der Waals surface area contributed by atoms with Crippen LogP contribution in [-0.2, 0) is 37.2 Å². The normalized spacial score (nSPS) is 17.8. The Morgan fingerprint density at radius 2 is 0.478 bits per heavy atom. The Kier molecular flexibility index (Phi) is 22.6. The molecule has 18 rings (SSSR count). The number of furan rings is 2. The summed E-state index contributed by atoms with van der Waals surface area (Å²) in [5.41, 5.74) is 17.0. The van der Waals surface area contributed by atoms with E-state index in [4.69, 9.17) is 69.3 Å². The maximum absolute atomic E-state index is 6.42. The molecule has 4 aliphatic heterocycles. The van der Waals surface area contributed by atoms with Crippen LogP contribution in [0.4, 0.5) is 34.1 Å². The molecule has 6 heterocycles. The average molecular weight is 1590 g/mol. The minimum Gasteiger partial charge on any atom is -1.00 e. The van der Waals surface area contributed by atoms with E-state index in [9.17, 15) is 0 Å². The third kappa shape index (κ3) is 16.4. The molecule has 0 bridgehead atoms. The predicted molar refractivity (Wildman–Crippen MR) is 473 cm³/mol. The van der Waals surface area contributed by atoms with Crippen LogP contribution in [0.2, 0.25) is 10.0 Å². The summed E-state index contributed by atoms with van der Waals surface area (Å²) in [6, 6.07) is 96.5. The van der Waals surface area contributed by atoms with E-state index < -0.39 is 50.7 Å². The van der Waals surface area contributed by atoms with Crippen molar-refractivity contribution >= 4 is 140 Å². The number of nitrogens with zero attached hydrogens (tertiary/aromatic N) is 2. The smallest absolute Gasteiger partial charge is 1.00 e. The molecule has 0 amide bonds. The quantitative estimate of drug-likeness (QED) is 0.103. The first-order valence-corrected chi connectivity index (χ1v) is 39.9. The predicted octanol–water partition coefficient (Wildman–Crippen LogP) is 22.1. The standard InChI is InChI=1S/C48H47B2NO5.C36H23Cl2NO.C12H24B2O4.K.H/c1-45(2)46(3,4)54-49(53-45)36-19-11-15-32(27-36)34-17-13-21-38(29-34)51(40-25-26-42-41-23-9-10-24-43(41)52-44(42)31-40)39-22-14-18-35(30-39)33-16-12-20-37(28-33)50-55-47(5,6)48(7,8)56-50;37-28-11-3-7-24(19-28)26-9-5-13-30(21-26)39(31-14-6-10-27(22-31)25-8-4-12-29(38)20-25)32-17-18-34-33-15-1-2-16-35(33)40-36(34)23-32;1-9(2)10(3,4)16-13(15-9)14-17-11(5,6)12(7,8)18-14;;/h9-31H,1-8H3;1-23H;1-8H3;;/q;;;+1;-1. The van der Waals surface area contributed by atoms with Gasteiger partial charge < -0.3 is 57.3 Å². The number of benzene rings is 12. The van der Waals surface area contributed by atoms with Gasteiger partial charge in [-0.2, -0.15) is 0 Å². The van der Waals surface area contributed by atoms with E-state index in [-0.39, 0.29) is 75.2 Å². The molecule has 14 aromatic rings. The Morgan fingerprint density at radius 3 is 0.783 bits per heavy atom. The zero-order valence-corrected chi connectivity index (χ0v) is 73.2. The summed E-state index contributed by atoms with van der Waals surface area (Å²) >= 11 is 12.7. The third-order valence-corrected chi connectivity index (χ3v) is 24.7. The van der Waals surface area contributed by atoms with Crippen LogP contribution in [0.25, 0.3) is 88.4 Å². The molecule has 12 nitrogen and oxygen atoms in total. The number of rotatable bonds is 13. The molecule has 576 valence electrons. The van der Waals surface area contributed by atoms with Crippen molar-refractivity contribution in [3.8, 4) is 44.5 Å². The van der Waals surface area contributed by atoms with Crippen molar-refractivity contribution in [3.05, 3.63) is 289 Å². The summed E-state index contributed by atoms with van der Waals surface area (Å²) < 4.78 is 62.2. The monoisotopic (exact) mass is 1590 g/mol. The molecule has 0 radical (unpaired) electrons. The first-order chi connectivity index (χ1) is 54.2. The van der Waals surface area contributed by atoms with Gasteiger partial charge in [-0.25, -0.2) is 0 Å². The molecule has 19 heteroatoms. The summed E-state index contributed by atoms with van der Waals surface area (Å²) in [5.74, 6) is 0. The van der Waals surface area contributed by atoms with Crippen molar-refractivity contribution in [3.63, 3.8) is 0 Å². The summed E-state index contributed by atoms with van der Waals surface area (Å²) in [5, 5.41) is 5.83. The SMILES string of the molecule is CC1(C)OB(B2OC(C)(C)C(C)(C)O2)OC1(C)C.CC1(C)OB(c2cccc(-c3cccc(N(c4cccc(-c5cccc(B6OC(C)(C)C(C)(C)O6)c5)c4)c4ccc5c(c4)oc4ccccc45)c3)c2)OC1(C)C.Clc1cccc(-c2cccc(N(c3cccc(-c4cccc(Cl)c4)c3)c3ccc4c(c3)oc3ccccc34)c2)c1.[H-].[K+]. The Morgan fingerprint density at radius 1 is 0.235 bits per heavy atom. The van der Waals surface area contributed by atoms with Crippen molar-refractivity contribution in [1.29, 1.82) is 0 Å². The molecule has 0 N–H and O–H groups in total. The van der Waals surface area contributed by atoms with Gasteiger partial charge in [-0.3, -0.25) is 0 Å². The maximum Gasteiger partial charge on any atom is 1.00 e. The fourth-order valence-electron chi connectivity index (χ4n) is 14.9. The first-order valence-electron chi connectivity index (χ1n) is 39.2. The molecule has 0 aliphatic carbocycles. The minimum atomic E-state index is -0.476. The van der Waals surface area contributed by atoms with E-state index in [1.807, 2.05) is 122 Å². The van der Waals surface area contributed by atoms with Crippen LogP contribution in [0.1, 0.15) is 112 Å². The molecule has 2 aromatic heterocycles. The van der Waals surface area contributed by atoms with Crippen LogP contribution in [-0.4, -0.2) is 73.1 Å². The zero-order chi connectivity index (χ0) is 80.1. The van der Waals surface area contributed by atoms with E-state index in [0.717, 1.165) is 133 Å². The van der Waals surface area contributed by atoms with Gasteiger partial charge in [-0.05, 0) is 275 Å². The van der Waals surface area contributed by atoms with Gasteiger partial charge in [-0.15, -0.1) is 0 Å². The minimum absolute atomic E-state index is 0. The number of hydrogen-bond donors (Lipinski definition) is 0. The maximum atomic E-state index is 6.42. The average Bonchev–Trinajstić information content (AvgIpc) is 1.60. The van der Waals surface area contributed by atoms with E-state index >= 15 is 0 Å². The Bertz CT molecular complexity index is 5660. The molecule has 0 atom stereocenters. The Balaban J connectivity index is 0.000000160. The Hall–Kier alpha value is -8.00. The molecule has 0 saturated carbocycles. The second-order valence-corrected chi connectivity index (χ2v) is 35.0. The molecule has 0 unspecified atom stereocenters. The fraction of sp³-hybridized carbons (Fsp3) is 0.250. The van der Waals surface area contributed by atoms with Crippen LogP contribution < -0.4 is 72.1 Å². The van der Waals surface area contributed by atoms with Crippen molar-refractivity contribution in [2.45, 2.75) is 156 Å². The first kappa shape index (κ1) is 82.1. The molecule has 4 saturated heterocycles. The molecular weight excluding hydrogens is 1490 g/mol. The van der Waals surface area contributed by atoms with Gasteiger partial charge in [0, 0.05) is 77.8 Å². The fourth-order valence-corrected chi connectivity index (χ4v) is 15.3. The largest absolute Gasteiger partial charge is 1.00 e. The second-order valence-electron chi connectivity index (χ2n) is 34.1. The van der Waals surface area contributed by atoms with Gasteiger partial charge in [0.15, 0.2) is 0 Å². The summed E-state index contributed by atoms with van der Waals surface area (Å²) in [4.78, 5) is 4.56. The number of anilines is 6. The molecule has 12 aromatic carbocycles. The Labute approximate surface area is 731 Å². The van der Waals surface area contributed by atoms with Crippen molar-refractivity contribution < 1.29 is 98.9 Å². The van der Waals surface area contributed by atoms with Gasteiger partial charge in [0.1, 0.15) is 22.3 Å². The van der Waals surface area contributed by atoms with Crippen LogP contribution in [0, 0.1) is 0 Å². The number of hydrogen-bond acceptors (Lipinski definition) is 12. The summed E-state index contributed by atoms with van der Waals surface area (Å²) in [7, 11) is -1.84. The number of halogens is 2. The third-order valence-electron chi connectivity index (χ3n) is 24.2. The van der Waals surface area contributed by atoms with Gasteiger partial charge in [0.2, 0.25) is 0 Å². The van der Waals surface area contributed by atoms with Gasteiger partial charge in [0.25, 0.3) is 0 Å². The molecule has 115 heavy (non-hydrogen) atoms. The zero-order valence-electron chi connectivity index (χ0n) is 69.6. The van der Waals surface area contributed by atoms with E-state index in [2.05, 4.69) is 278 Å². The van der Waals surface area contributed by atoms with Crippen molar-refractivity contribution in [1.82, 2.24) is 0 Å². The molecular formula is C96H95B4Cl2KN2O10. The molecule has 4 fully saturated rings. The van der Waals surface area contributed by atoms with Gasteiger partial charge in [-0.1, -0.05) is 181 Å².